The number of ether oxygens (including phenoxy) is 3. The predicted octanol–water partition coefficient (Wildman–Crippen LogP) is 3.63. The van der Waals surface area contributed by atoms with Crippen molar-refractivity contribution in [3.05, 3.63) is 17.7 Å². The van der Waals surface area contributed by atoms with Crippen LogP contribution in [0.3, 0.4) is 0 Å². The molecule has 1 aromatic carbocycles. The van der Waals surface area contributed by atoms with Crippen molar-refractivity contribution in [3.8, 4) is 17.2 Å². The fraction of sp³-hybridized carbons (Fsp3) is 0.682. The maximum atomic E-state index is 12.9. The molecular formula is C22H34N2O4. The molecule has 1 N–H and O–H groups in total. The Hall–Kier alpha value is -1.95. The third kappa shape index (κ3) is 4.90. The SMILES string of the molecule is CCOc1cc(C(=O)NC2CCN(C3CCCC3)C2)cc(OCC)c1OCC. The van der Waals surface area contributed by atoms with Crippen LogP contribution in [-0.2, 0) is 0 Å². The van der Waals surface area contributed by atoms with Crippen molar-refractivity contribution < 1.29 is 19.0 Å². The molecule has 1 saturated carbocycles. The number of carbonyl (C=O) groups is 1. The summed E-state index contributed by atoms with van der Waals surface area (Å²) in [7, 11) is 0. The van der Waals surface area contributed by atoms with E-state index in [0.717, 1.165) is 19.5 Å². The molecule has 1 atom stereocenters. The molecule has 2 aliphatic rings. The van der Waals surface area contributed by atoms with Crippen LogP contribution in [0.2, 0.25) is 0 Å². The minimum Gasteiger partial charge on any atom is -0.490 e. The van der Waals surface area contributed by atoms with E-state index in [1.807, 2.05) is 20.8 Å². The Morgan fingerprint density at radius 1 is 1.00 bits per heavy atom. The molecule has 1 aromatic rings. The molecule has 1 heterocycles. The van der Waals surface area contributed by atoms with Crippen LogP contribution >= 0.6 is 0 Å². The largest absolute Gasteiger partial charge is 0.490 e. The summed E-state index contributed by atoms with van der Waals surface area (Å²) in [4.78, 5) is 15.5. The number of hydrogen-bond donors (Lipinski definition) is 1. The van der Waals surface area contributed by atoms with Gasteiger partial charge >= 0.3 is 0 Å². The van der Waals surface area contributed by atoms with E-state index in [2.05, 4.69) is 10.2 Å². The maximum absolute atomic E-state index is 12.9. The van der Waals surface area contributed by atoms with Gasteiger partial charge in [0.2, 0.25) is 5.75 Å². The molecule has 0 aromatic heterocycles. The standard InChI is InChI=1S/C22H34N2O4/c1-4-26-19-13-16(14-20(27-5-2)21(19)28-6-3)22(25)23-17-11-12-24(15-17)18-9-7-8-10-18/h13-14,17-18H,4-12,15H2,1-3H3,(H,23,25). The first-order valence-corrected chi connectivity index (χ1v) is 10.8. The normalized spacial score (nSPS) is 20.3. The lowest BCUT2D eigenvalue weighted by Gasteiger charge is -2.23. The number of rotatable bonds is 9. The van der Waals surface area contributed by atoms with Crippen LogP contribution in [0.15, 0.2) is 12.1 Å². The molecule has 6 heteroatoms. The molecule has 3 rings (SSSR count). The number of benzene rings is 1. The fourth-order valence-electron chi connectivity index (χ4n) is 4.29. The van der Waals surface area contributed by atoms with Crippen molar-refractivity contribution in [1.82, 2.24) is 10.2 Å². The summed E-state index contributed by atoms with van der Waals surface area (Å²) in [6.45, 7) is 9.27. The molecule has 0 spiro atoms. The third-order valence-corrected chi connectivity index (χ3v) is 5.57. The first-order valence-electron chi connectivity index (χ1n) is 10.8. The van der Waals surface area contributed by atoms with Crippen LogP contribution in [0.1, 0.15) is 63.2 Å². The predicted molar refractivity (Wildman–Crippen MR) is 110 cm³/mol. The highest BCUT2D eigenvalue weighted by atomic mass is 16.5. The number of amides is 1. The summed E-state index contributed by atoms with van der Waals surface area (Å²) in [5.74, 6) is 1.60. The van der Waals surface area contributed by atoms with E-state index >= 15 is 0 Å². The van der Waals surface area contributed by atoms with Crippen molar-refractivity contribution in [3.63, 3.8) is 0 Å². The number of carbonyl (C=O) groups excluding carboxylic acids is 1. The average Bonchev–Trinajstić information content (AvgIpc) is 3.36. The Balaban J connectivity index is 1.71. The highest BCUT2D eigenvalue weighted by Gasteiger charge is 2.31. The van der Waals surface area contributed by atoms with Gasteiger partial charge in [-0.2, -0.15) is 0 Å². The van der Waals surface area contributed by atoms with Crippen molar-refractivity contribution >= 4 is 5.91 Å². The number of likely N-dealkylation sites (tertiary alicyclic amines) is 1. The van der Waals surface area contributed by atoms with E-state index in [-0.39, 0.29) is 11.9 Å². The average molecular weight is 391 g/mol. The van der Waals surface area contributed by atoms with Crippen LogP contribution in [0, 0.1) is 0 Å². The number of nitrogens with one attached hydrogen (secondary N) is 1. The minimum absolute atomic E-state index is 0.0803. The molecule has 1 saturated heterocycles. The molecule has 156 valence electrons. The molecule has 28 heavy (non-hydrogen) atoms. The summed E-state index contributed by atoms with van der Waals surface area (Å²) < 4.78 is 17.2. The lowest BCUT2D eigenvalue weighted by atomic mass is 10.1. The van der Waals surface area contributed by atoms with E-state index in [4.69, 9.17) is 14.2 Å². The van der Waals surface area contributed by atoms with E-state index in [1.54, 1.807) is 12.1 Å². The fourth-order valence-corrected chi connectivity index (χ4v) is 4.29. The second-order valence-electron chi connectivity index (χ2n) is 7.49. The summed E-state index contributed by atoms with van der Waals surface area (Å²) in [5.41, 5.74) is 0.551. The van der Waals surface area contributed by atoms with Gasteiger partial charge in [-0.25, -0.2) is 0 Å². The number of nitrogens with zero attached hydrogens (tertiary/aromatic N) is 1. The van der Waals surface area contributed by atoms with Crippen molar-refractivity contribution in [2.75, 3.05) is 32.9 Å². The smallest absolute Gasteiger partial charge is 0.251 e. The Morgan fingerprint density at radius 2 is 1.61 bits per heavy atom. The van der Waals surface area contributed by atoms with Gasteiger partial charge in [-0.3, -0.25) is 9.69 Å². The van der Waals surface area contributed by atoms with Crippen LogP contribution in [0.5, 0.6) is 17.2 Å². The van der Waals surface area contributed by atoms with E-state index < -0.39 is 0 Å². The molecule has 0 bridgehead atoms. The zero-order valence-electron chi connectivity index (χ0n) is 17.5. The summed E-state index contributed by atoms with van der Waals surface area (Å²) in [5, 5.41) is 3.21. The van der Waals surface area contributed by atoms with E-state index in [9.17, 15) is 4.79 Å². The molecule has 1 amide bonds. The van der Waals surface area contributed by atoms with E-state index in [0.29, 0.717) is 48.7 Å². The maximum Gasteiger partial charge on any atom is 0.251 e. The van der Waals surface area contributed by atoms with Crippen LogP contribution in [0.25, 0.3) is 0 Å². The van der Waals surface area contributed by atoms with Crippen molar-refractivity contribution in [2.45, 2.75) is 65.0 Å². The molecule has 2 fully saturated rings. The molecular weight excluding hydrogens is 356 g/mol. The molecule has 0 radical (unpaired) electrons. The molecule has 6 nitrogen and oxygen atoms in total. The molecule has 1 aliphatic heterocycles. The highest BCUT2D eigenvalue weighted by molar-refractivity contribution is 5.95. The monoisotopic (exact) mass is 390 g/mol. The first kappa shape index (κ1) is 20.8. The third-order valence-electron chi connectivity index (χ3n) is 5.57. The van der Waals surface area contributed by atoms with Crippen molar-refractivity contribution in [2.24, 2.45) is 0 Å². The zero-order chi connectivity index (χ0) is 19.9. The summed E-state index contributed by atoms with van der Waals surface area (Å²) >= 11 is 0. The van der Waals surface area contributed by atoms with Gasteiger partial charge in [0.1, 0.15) is 0 Å². The van der Waals surface area contributed by atoms with Gasteiger partial charge in [0, 0.05) is 30.7 Å². The Labute approximate surface area is 168 Å². The second kappa shape index (κ2) is 10.0. The number of hydrogen-bond acceptors (Lipinski definition) is 5. The van der Waals surface area contributed by atoms with Gasteiger partial charge in [-0.15, -0.1) is 0 Å². The van der Waals surface area contributed by atoms with Crippen LogP contribution in [0.4, 0.5) is 0 Å². The first-order chi connectivity index (χ1) is 13.7. The van der Waals surface area contributed by atoms with E-state index in [1.165, 1.54) is 25.7 Å². The van der Waals surface area contributed by atoms with Gasteiger partial charge < -0.3 is 19.5 Å². The van der Waals surface area contributed by atoms with Gasteiger partial charge in [-0.05, 0) is 52.2 Å². The molecule has 1 aliphatic carbocycles. The Bertz CT molecular complexity index is 631. The second-order valence-corrected chi connectivity index (χ2v) is 7.49. The van der Waals surface area contributed by atoms with Gasteiger partial charge in [0.05, 0.1) is 19.8 Å². The topological polar surface area (TPSA) is 60.0 Å². The lowest BCUT2D eigenvalue weighted by Crippen LogP contribution is -2.39. The summed E-state index contributed by atoms with van der Waals surface area (Å²) in [6, 6.07) is 4.43. The Kier molecular flexibility index (Phi) is 7.43. The van der Waals surface area contributed by atoms with Crippen molar-refractivity contribution in [1.29, 1.82) is 0 Å². The molecule has 1 unspecified atom stereocenters. The van der Waals surface area contributed by atoms with Gasteiger partial charge in [0.15, 0.2) is 11.5 Å². The zero-order valence-corrected chi connectivity index (χ0v) is 17.5. The van der Waals surface area contributed by atoms with Gasteiger partial charge in [0.25, 0.3) is 5.91 Å². The minimum atomic E-state index is -0.0803. The van der Waals surface area contributed by atoms with Crippen LogP contribution in [-0.4, -0.2) is 55.8 Å². The lowest BCUT2D eigenvalue weighted by molar-refractivity contribution is 0.0935. The van der Waals surface area contributed by atoms with Crippen LogP contribution < -0.4 is 19.5 Å². The summed E-state index contributed by atoms with van der Waals surface area (Å²) in [6.07, 6.45) is 6.29. The highest BCUT2D eigenvalue weighted by Crippen LogP contribution is 2.39. The van der Waals surface area contributed by atoms with Gasteiger partial charge in [-0.1, -0.05) is 12.8 Å². The quantitative estimate of drug-likeness (QED) is 0.698. The Morgan fingerprint density at radius 3 is 2.18 bits per heavy atom.